The van der Waals surface area contributed by atoms with Crippen LogP contribution in [-0.4, -0.2) is 55.0 Å². The van der Waals surface area contributed by atoms with E-state index in [1.807, 2.05) is 58.0 Å². The third-order valence-corrected chi connectivity index (χ3v) is 6.95. The Morgan fingerprint density at radius 3 is 2.49 bits per heavy atom. The molecule has 1 N–H and O–H groups in total. The molecule has 0 saturated heterocycles. The molecule has 1 heterocycles. The van der Waals surface area contributed by atoms with E-state index in [0.717, 1.165) is 39.9 Å². The third kappa shape index (κ3) is 4.77. The maximum absolute atomic E-state index is 13.6. The number of aromatic nitrogens is 2. The predicted molar refractivity (Wildman–Crippen MR) is 138 cm³/mol. The number of nitrogens with zero attached hydrogens (tertiary/aromatic N) is 3. The van der Waals surface area contributed by atoms with Gasteiger partial charge in [-0.25, -0.2) is 13.1 Å². The molecule has 1 aliphatic rings. The Labute approximate surface area is 207 Å². The number of nitrogens with one attached hydrogen (secondary N) is 1. The highest BCUT2D eigenvalue weighted by Gasteiger charge is 2.33. The molecule has 1 aliphatic carbocycles. The van der Waals surface area contributed by atoms with E-state index in [2.05, 4.69) is 4.72 Å². The summed E-state index contributed by atoms with van der Waals surface area (Å²) in [5.41, 5.74) is 5.77. The Morgan fingerprint density at radius 2 is 1.89 bits per heavy atom. The maximum atomic E-state index is 13.6. The highest BCUT2D eigenvalue weighted by molar-refractivity contribution is 7.92. The van der Waals surface area contributed by atoms with Gasteiger partial charge in [-0.3, -0.25) is 9.52 Å². The van der Waals surface area contributed by atoms with Crippen molar-refractivity contribution < 1.29 is 17.9 Å². The van der Waals surface area contributed by atoms with E-state index >= 15 is 0 Å². The van der Waals surface area contributed by atoms with Crippen LogP contribution in [0.2, 0.25) is 0 Å². The average molecular weight is 497 g/mol. The quantitative estimate of drug-likeness (QED) is 0.572. The number of ether oxygens (including phenoxy) is 1. The van der Waals surface area contributed by atoms with Crippen molar-refractivity contribution in [1.29, 1.82) is 0 Å². The highest BCUT2D eigenvalue weighted by atomic mass is 32.2. The van der Waals surface area contributed by atoms with Gasteiger partial charge in [0.2, 0.25) is 10.0 Å². The molecule has 1 amide bonds. The molecule has 0 unspecified atom stereocenters. The molecular formula is C26H32N4O4S. The van der Waals surface area contributed by atoms with Crippen LogP contribution < -0.4 is 9.46 Å². The summed E-state index contributed by atoms with van der Waals surface area (Å²) in [6.45, 7) is 7.96. The van der Waals surface area contributed by atoms with Gasteiger partial charge in [-0.05, 0) is 75.9 Å². The minimum Gasteiger partial charge on any atom is -0.495 e. The van der Waals surface area contributed by atoms with Crippen LogP contribution in [-0.2, 0) is 22.9 Å². The second-order valence-electron chi connectivity index (χ2n) is 10.0. The largest absolute Gasteiger partial charge is 0.495 e. The molecule has 0 atom stereocenters. The van der Waals surface area contributed by atoms with Crippen LogP contribution in [0.1, 0.15) is 48.0 Å². The van der Waals surface area contributed by atoms with Crippen molar-refractivity contribution in [1.82, 2.24) is 14.7 Å². The first kappa shape index (κ1) is 24.8. The molecule has 2 aromatic carbocycles. The Morgan fingerprint density at radius 1 is 1.17 bits per heavy atom. The van der Waals surface area contributed by atoms with Crippen molar-refractivity contribution in [3.8, 4) is 22.7 Å². The molecule has 4 rings (SSSR count). The molecule has 1 aromatic heterocycles. The smallest absolute Gasteiger partial charge is 0.274 e. The Kier molecular flexibility index (Phi) is 6.17. The third-order valence-electron chi connectivity index (χ3n) is 6.36. The fourth-order valence-corrected chi connectivity index (χ4v) is 4.86. The first-order valence-corrected chi connectivity index (χ1v) is 13.4. The minimum absolute atomic E-state index is 0.147. The van der Waals surface area contributed by atoms with E-state index in [4.69, 9.17) is 9.84 Å². The van der Waals surface area contributed by atoms with Crippen molar-refractivity contribution in [2.24, 2.45) is 0 Å². The number of carbonyl (C=O) groups excluding carboxylic acids is 1. The van der Waals surface area contributed by atoms with Crippen molar-refractivity contribution >= 4 is 21.6 Å². The number of aryl methyl sites for hydroxylation is 2. The number of rotatable bonds is 5. The van der Waals surface area contributed by atoms with Crippen molar-refractivity contribution in [2.75, 3.05) is 25.1 Å². The summed E-state index contributed by atoms with van der Waals surface area (Å²) in [5, 5.41) is 4.84. The number of hydrogen-bond donors (Lipinski definition) is 1. The molecule has 0 radical (unpaired) electrons. The number of hydrogen-bond acceptors (Lipinski definition) is 5. The number of methoxy groups -OCH3 is 1. The van der Waals surface area contributed by atoms with Crippen molar-refractivity contribution in [2.45, 2.75) is 46.1 Å². The molecule has 0 aliphatic heterocycles. The van der Waals surface area contributed by atoms with E-state index in [0.29, 0.717) is 30.0 Å². The van der Waals surface area contributed by atoms with Crippen molar-refractivity contribution in [3.63, 3.8) is 0 Å². The van der Waals surface area contributed by atoms with Gasteiger partial charge in [-0.2, -0.15) is 5.10 Å². The van der Waals surface area contributed by atoms with Gasteiger partial charge in [0.25, 0.3) is 5.91 Å². The van der Waals surface area contributed by atoms with E-state index in [9.17, 15) is 13.2 Å². The summed E-state index contributed by atoms with van der Waals surface area (Å²) in [5.74, 6) is 0.301. The van der Waals surface area contributed by atoms with Gasteiger partial charge in [0, 0.05) is 23.7 Å². The van der Waals surface area contributed by atoms with Crippen LogP contribution in [0.15, 0.2) is 36.4 Å². The molecule has 0 fully saturated rings. The highest BCUT2D eigenvalue weighted by Crippen LogP contribution is 2.42. The van der Waals surface area contributed by atoms with Gasteiger partial charge in [-0.15, -0.1) is 0 Å². The molecule has 3 aromatic rings. The lowest BCUT2D eigenvalue weighted by atomic mass is 9.87. The van der Waals surface area contributed by atoms with Gasteiger partial charge < -0.3 is 9.64 Å². The standard InChI is InChI=1S/C26H32N4O4S/c1-16-9-8-10-18(13-16)30-24-19(23(27-30)25(31)29(5)26(2,3)4)12-11-17-14-22(34-6)21(15-20(17)24)28-35(7,32)33/h8-10,13-15,28H,11-12H2,1-7H3. The average Bonchev–Trinajstić information content (AvgIpc) is 3.16. The molecule has 8 nitrogen and oxygen atoms in total. The zero-order valence-corrected chi connectivity index (χ0v) is 22.1. The summed E-state index contributed by atoms with van der Waals surface area (Å²) in [6, 6.07) is 11.6. The zero-order chi connectivity index (χ0) is 25.7. The second kappa shape index (κ2) is 8.71. The molecule has 186 valence electrons. The number of sulfonamides is 1. The summed E-state index contributed by atoms with van der Waals surface area (Å²) >= 11 is 0. The second-order valence-corrected chi connectivity index (χ2v) is 11.8. The van der Waals surface area contributed by atoms with Crippen LogP contribution in [0.5, 0.6) is 5.75 Å². The van der Waals surface area contributed by atoms with Gasteiger partial charge in [-0.1, -0.05) is 12.1 Å². The summed E-state index contributed by atoms with van der Waals surface area (Å²) in [6.07, 6.45) is 2.42. The van der Waals surface area contributed by atoms with Crippen LogP contribution in [0, 0.1) is 6.92 Å². The molecule has 0 spiro atoms. The Bertz CT molecular complexity index is 1420. The van der Waals surface area contributed by atoms with Gasteiger partial charge >= 0.3 is 0 Å². The number of benzene rings is 2. The van der Waals surface area contributed by atoms with Gasteiger partial charge in [0.05, 0.1) is 30.4 Å². The zero-order valence-electron chi connectivity index (χ0n) is 21.3. The number of carbonyl (C=O) groups is 1. The summed E-state index contributed by atoms with van der Waals surface area (Å²) in [7, 11) is -0.229. The van der Waals surface area contributed by atoms with E-state index < -0.39 is 10.0 Å². The Balaban J connectivity index is 2.00. The number of anilines is 1. The molecule has 9 heteroatoms. The van der Waals surface area contributed by atoms with E-state index in [1.165, 1.54) is 7.11 Å². The van der Waals surface area contributed by atoms with Crippen molar-refractivity contribution in [3.05, 3.63) is 58.8 Å². The molecule has 0 bridgehead atoms. The lowest BCUT2D eigenvalue weighted by Crippen LogP contribution is -2.43. The van der Waals surface area contributed by atoms with E-state index in [-0.39, 0.29) is 11.4 Å². The van der Waals surface area contributed by atoms with Crippen LogP contribution >= 0.6 is 0 Å². The molecular weight excluding hydrogens is 464 g/mol. The first-order chi connectivity index (χ1) is 16.3. The number of amides is 1. The topological polar surface area (TPSA) is 93.5 Å². The monoisotopic (exact) mass is 496 g/mol. The fraction of sp³-hybridized carbons (Fsp3) is 0.385. The number of fused-ring (bicyclic) bond motifs is 3. The van der Waals surface area contributed by atoms with Crippen LogP contribution in [0.3, 0.4) is 0 Å². The van der Waals surface area contributed by atoms with Gasteiger partial charge in [0.15, 0.2) is 5.69 Å². The molecule has 0 saturated carbocycles. The predicted octanol–water partition coefficient (Wildman–Crippen LogP) is 4.20. The lowest BCUT2D eigenvalue weighted by Gasteiger charge is -2.31. The first-order valence-electron chi connectivity index (χ1n) is 11.5. The minimum atomic E-state index is -3.53. The summed E-state index contributed by atoms with van der Waals surface area (Å²) in [4.78, 5) is 15.3. The SMILES string of the molecule is COc1cc2c(cc1NS(C)(=O)=O)-c1c(c(C(=O)N(C)C(C)(C)C)nn1-c1cccc(C)c1)CC2. The summed E-state index contributed by atoms with van der Waals surface area (Å²) < 4.78 is 33.9. The van der Waals surface area contributed by atoms with Gasteiger partial charge in [0.1, 0.15) is 5.75 Å². The maximum Gasteiger partial charge on any atom is 0.274 e. The van der Waals surface area contributed by atoms with Crippen LogP contribution in [0.25, 0.3) is 16.9 Å². The Hall–Kier alpha value is -3.33. The normalized spacial score (nSPS) is 13.1. The van der Waals surface area contributed by atoms with Crippen LogP contribution in [0.4, 0.5) is 5.69 Å². The van der Waals surface area contributed by atoms with E-state index in [1.54, 1.807) is 22.7 Å². The lowest BCUT2D eigenvalue weighted by molar-refractivity contribution is 0.0648. The fourth-order valence-electron chi connectivity index (χ4n) is 4.30. The molecule has 35 heavy (non-hydrogen) atoms.